The van der Waals surface area contributed by atoms with Crippen molar-refractivity contribution in [3.05, 3.63) is 67.3 Å². The normalized spacial score (nSPS) is 12.0. The molecule has 0 bridgehead atoms. The zero-order valence-electron chi connectivity index (χ0n) is 13.3. The summed E-state index contributed by atoms with van der Waals surface area (Å²) in [5.41, 5.74) is 1.08. The molecule has 1 aromatic carbocycles. The Morgan fingerprint density at radius 3 is 2.75 bits per heavy atom. The lowest BCUT2D eigenvalue weighted by molar-refractivity contribution is -0.122. The van der Waals surface area contributed by atoms with E-state index < -0.39 is 0 Å². The van der Waals surface area contributed by atoms with Crippen molar-refractivity contribution >= 4 is 5.91 Å². The molecule has 7 heteroatoms. The lowest BCUT2D eigenvalue weighted by Crippen LogP contribution is -2.31. The van der Waals surface area contributed by atoms with Gasteiger partial charge in [0.15, 0.2) is 0 Å². The highest BCUT2D eigenvalue weighted by Gasteiger charge is 2.15. The molecule has 1 amide bonds. The maximum Gasteiger partial charge on any atom is 0.220 e. The number of aromatic nitrogens is 5. The molecule has 0 aliphatic heterocycles. The van der Waals surface area contributed by atoms with E-state index in [1.807, 2.05) is 41.1 Å². The van der Waals surface area contributed by atoms with Gasteiger partial charge in [-0.15, -0.1) is 0 Å². The fourth-order valence-corrected chi connectivity index (χ4v) is 2.54. The molecule has 0 spiro atoms. The van der Waals surface area contributed by atoms with Crippen LogP contribution in [0.2, 0.25) is 0 Å². The third-order valence-electron chi connectivity index (χ3n) is 3.75. The molecule has 0 radical (unpaired) electrons. The van der Waals surface area contributed by atoms with Crippen LogP contribution in [0.3, 0.4) is 0 Å². The van der Waals surface area contributed by atoms with Gasteiger partial charge in [-0.05, 0) is 12.0 Å². The number of aryl methyl sites for hydroxylation is 1. The van der Waals surface area contributed by atoms with E-state index in [2.05, 4.69) is 20.4 Å². The molecule has 1 N–H and O–H groups in total. The average molecular weight is 324 g/mol. The van der Waals surface area contributed by atoms with Crippen LogP contribution in [0.1, 0.15) is 24.4 Å². The highest BCUT2D eigenvalue weighted by Crippen LogP contribution is 2.15. The van der Waals surface area contributed by atoms with Crippen molar-refractivity contribution in [3.63, 3.8) is 0 Å². The van der Waals surface area contributed by atoms with E-state index in [1.54, 1.807) is 23.5 Å². The summed E-state index contributed by atoms with van der Waals surface area (Å²) in [6.07, 6.45) is 9.72. The van der Waals surface area contributed by atoms with Crippen LogP contribution in [-0.4, -0.2) is 30.2 Å². The average Bonchev–Trinajstić information content (AvgIpc) is 3.29. The Kier molecular flexibility index (Phi) is 5.34. The van der Waals surface area contributed by atoms with E-state index in [1.165, 1.54) is 6.33 Å². The van der Waals surface area contributed by atoms with Gasteiger partial charge in [-0.25, -0.2) is 9.97 Å². The summed E-state index contributed by atoms with van der Waals surface area (Å²) >= 11 is 0. The summed E-state index contributed by atoms with van der Waals surface area (Å²) < 4.78 is 3.70. The Hall–Kier alpha value is -2.96. The molecule has 124 valence electrons. The summed E-state index contributed by atoms with van der Waals surface area (Å²) in [5.74, 6) is 0.0316. The number of rotatable bonds is 8. The Labute approximate surface area is 140 Å². The van der Waals surface area contributed by atoms with Crippen LogP contribution in [-0.2, 0) is 17.9 Å². The SMILES string of the molecule is O=C(CCCn1cncn1)NC(Cn1ccnc1)c1ccccc1. The van der Waals surface area contributed by atoms with Gasteiger partial charge >= 0.3 is 0 Å². The largest absolute Gasteiger partial charge is 0.347 e. The second-order valence-corrected chi connectivity index (χ2v) is 5.55. The molecule has 3 aromatic rings. The summed E-state index contributed by atoms with van der Waals surface area (Å²) in [5, 5.41) is 7.15. The quantitative estimate of drug-likeness (QED) is 0.685. The molecule has 7 nitrogen and oxygen atoms in total. The first-order valence-electron chi connectivity index (χ1n) is 7.94. The smallest absolute Gasteiger partial charge is 0.220 e. The molecule has 1 atom stereocenters. The third kappa shape index (κ3) is 4.52. The Balaban J connectivity index is 1.57. The first-order chi connectivity index (χ1) is 11.8. The molecule has 2 heterocycles. The number of hydrogen-bond donors (Lipinski definition) is 1. The van der Waals surface area contributed by atoms with Crippen molar-refractivity contribution in [2.75, 3.05) is 0 Å². The van der Waals surface area contributed by atoms with Gasteiger partial charge in [-0.3, -0.25) is 9.48 Å². The van der Waals surface area contributed by atoms with Crippen LogP contribution in [0.4, 0.5) is 0 Å². The Bertz CT molecular complexity index is 724. The summed E-state index contributed by atoms with van der Waals surface area (Å²) in [7, 11) is 0. The molecule has 0 saturated carbocycles. The van der Waals surface area contributed by atoms with Gasteiger partial charge in [-0.1, -0.05) is 30.3 Å². The van der Waals surface area contributed by atoms with Gasteiger partial charge in [0, 0.05) is 31.9 Å². The number of benzene rings is 1. The van der Waals surface area contributed by atoms with Crippen molar-refractivity contribution in [3.8, 4) is 0 Å². The molecule has 1 unspecified atom stereocenters. The summed E-state index contributed by atoms with van der Waals surface area (Å²) in [4.78, 5) is 20.3. The first kappa shape index (κ1) is 15.9. The monoisotopic (exact) mass is 324 g/mol. The van der Waals surface area contributed by atoms with Crippen LogP contribution in [0.15, 0.2) is 61.7 Å². The standard InChI is InChI=1S/C17H20N6O/c24-17(7-4-9-23-14-19-12-20-23)21-16(11-22-10-8-18-13-22)15-5-2-1-3-6-15/h1-3,5-6,8,10,12-14,16H,4,7,9,11H2,(H,21,24). The van der Waals surface area contributed by atoms with Gasteiger partial charge in [0.1, 0.15) is 12.7 Å². The first-order valence-corrected chi connectivity index (χ1v) is 7.94. The highest BCUT2D eigenvalue weighted by atomic mass is 16.1. The second kappa shape index (κ2) is 8.05. The number of carbonyl (C=O) groups excluding carboxylic acids is 1. The van der Waals surface area contributed by atoms with Gasteiger partial charge < -0.3 is 9.88 Å². The zero-order valence-corrected chi connectivity index (χ0v) is 13.3. The molecule has 0 aliphatic rings. The number of nitrogens with one attached hydrogen (secondary N) is 1. The lowest BCUT2D eigenvalue weighted by Gasteiger charge is -2.20. The van der Waals surface area contributed by atoms with Crippen molar-refractivity contribution in [2.45, 2.75) is 32.0 Å². The van der Waals surface area contributed by atoms with Crippen LogP contribution >= 0.6 is 0 Å². The maximum absolute atomic E-state index is 12.3. The van der Waals surface area contributed by atoms with Crippen LogP contribution < -0.4 is 5.32 Å². The molecule has 3 rings (SSSR count). The second-order valence-electron chi connectivity index (χ2n) is 5.55. The van der Waals surface area contributed by atoms with Crippen LogP contribution in [0.5, 0.6) is 0 Å². The molecule has 0 fully saturated rings. The molecular weight excluding hydrogens is 304 g/mol. The van der Waals surface area contributed by atoms with E-state index in [9.17, 15) is 4.79 Å². The van der Waals surface area contributed by atoms with Gasteiger partial charge in [0.2, 0.25) is 5.91 Å². The van der Waals surface area contributed by atoms with Crippen LogP contribution in [0.25, 0.3) is 0 Å². The van der Waals surface area contributed by atoms with Crippen molar-refractivity contribution in [2.24, 2.45) is 0 Å². The molecule has 2 aromatic heterocycles. The topological polar surface area (TPSA) is 77.6 Å². The highest BCUT2D eigenvalue weighted by molar-refractivity contribution is 5.76. The molecule has 0 aliphatic carbocycles. The number of amides is 1. The van der Waals surface area contributed by atoms with E-state index in [4.69, 9.17) is 0 Å². The molecule has 0 saturated heterocycles. The van der Waals surface area contributed by atoms with E-state index in [-0.39, 0.29) is 11.9 Å². The number of carbonyl (C=O) groups is 1. The van der Waals surface area contributed by atoms with Gasteiger partial charge in [0.05, 0.1) is 12.4 Å². The summed E-state index contributed by atoms with van der Waals surface area (Å²) in [6.45, 7) is 1.34. The number of hydrogen-bond acceptors (Lipinski definition) is 4. The fourth-order valence-electron chi connectivity index (χ4n) is 2.54. The zero-order chi connectivity index (χ0) is 16.6. The minimum Gasteiger partial charge on any atom is -0.347 e. The summed E-state index contributed by atoms with van der Waals surface area (Å²) in [6, 6.07) is 9.89. The fraction of sp³-hybridized carbons (Fsp3) is 0.294. The predicted octanol–water partition coefficient (Wildman–Crippen LogP) is 1.81. The lowest BCUT2D eigenvalue weighted by atomic mass is 10.1. The minimum atomic E-state index is -0.0840. The Morgan fingerprint density at radius 1 is 1.17 bits per heavy atom. The van der Waals surface area contributed by atoms with Gasteiger partial charge in [-0.2, -0.15) is 5.10 Å². The van der Waals surface area contributed by atoms with Crippen molar-refractivity contribution in [1.29, 1.82) is 0 Å². The van der Waals surface area contributed by atoms with E-state index in [0.29, 0.717) is 19.5 Å². The van der Waals surface area contributed by atoms with Crippen LogP contribution in [0, 0.1) is 0 Å². The van der Waals surface area contributed by atoms with E-state index in [0.717, 1.165) is 12.0 Å². The number of imidazole rings is 1. The molecule has 24 heavy (non-hydrogen) atoms. The minimum absolute atomic E-state index is 0.0316. The third-order valence-corrected chi connectivity index (χ3v) is 3.75. The van der Waals surface area contributed by atoms with Crippen molar-refractivity contribution in [1.82, 2.24) is 29.6 Å². The van der Waals surface area contributed by atoms with Crippen molar-refractivity contribution < 1.29 is 4.79 Å². The van der Waals surface area contributed by atoms with E-state index >= 15 is 0 Å². The number of nitrogens with zero attached hydrogens (tertiary/aromatic N) is 5. The Morgan fingerprint density at radius 2 is 2.04 bits per heavy atom. The maximum atomic E-state index is 12.3. The molecular formula is C17H20N6O. The predicted molar refractivity (Wildman–Crippen MR) is 88.8 cm³/mol. The van der Waals surface area contributed by atoms with Gasteiger partial charge in [0.25, 0.3) is 0 Å².